The number of benzene rings is 3. The number of nitrogens with zero attached hydrogens (tertiary/aromatic N) is 3. The van der Waals surface area contributed by atoms with Gasteiger partial charge in [0.1, 0.15) is 0 Å². The lowest BCUT2D eigenvalue weighted by Crippen LogP contribution is -2.16. The van der Waals surface area contributed by atoms with E-state index in [0.29, 0.717) is 16.9 Å². The van der Waals surface area contributed by atoms with Crippen LogP contribution < -0.4 is 4.80 Å². The largest absolute Gasteiger partial charge is 0.305 e. The molecule has 0 radical (unpaired) electrons. The SMILES string of the molecule is C#CCn1c(=NC(=O)c2cc(-c3cccs3)nc3ccccc23)sc2c3ccccc3ccc21. The quantitative estimate of drug-likeness (QED) is 0.274. The molecule has 6 heteroatoms. The van der Waals surface area contributed by atoms with Gasteiger partial charge in [0.2, 0.25) is 0 Å². The molecule has 6 rings (SSSR count). The van der Waals surface area contributed by atoms with Crippen LogP contribution in [0.15, 0.2) is 89.2 Å². The lowest BCUT2D eigenvalue weighted by Gasteiger charge is -2.06. The fourth-order valence-electron chi connectivity index (χ4n) is 4.18. The number of aromatic nitrogens is 2. The summed E-state index contributed by atoms with van der Waals surface area (Å²) in [6.45, 7) is 0.335. The highest BCUT2D eigenvalue weighted by Gasteiger charge is 2.16. The van der Waals surface area contributed by atoms with Crippen molar-refractivity contribution in [1.29, 1.82) is 0 Å². The van der Waals surface area contributed by atoms with Crippen LogP contribution in [0, 0.1) is 12.3 Å². The van der Waals surface area contributed by atoms with E-state index in [1.54, 1.807) is 11.3 Å². The molecule has 6 aromatic rings. The summed E-state index contributed by atoms with van der Waals surface area (Å²) in [5.74, 6) is 2.40. The first-order valence-electron chi connectivity index (χ1n) is 10.7. The lowest BCUT2D eigenvalue weighted by molar-refractivity contribution is 0.0999. The van der Waals surface area contributed by atoms with Crippen molar-refractivity contribution in [3.8, 4) is 22.9 Å². The number of fused-ring (bicyclic) bond motifs is 4. The van der Waals surface area contributed by atoms with Gasteiger partial charge < -0.3 is 4.57 Å². The molecule has 0 aliphatic heterocycles. The van der Waals surface area contributed by atoms with E-state index < -0.39 is 0 Å². The predicted molar refractivity (Wildman–Crippen MR) is 141 cm³/mol. The number of amides is 1. The summed E-state index contributed by atoms with van der Waals surface area (Å²) in [6, 6.07) is 25.8. The number of rotatable bonds is 3. The van der Waals surface area contributed by atoms with Gasteiger partial charge in [0.05, 0.1) is 38.4 Å². The molecular formula is C28H17N3OS2. The van der Waals surface area contributed by atoms with Crippen LogP contribution in [0.1, 0.15) is 10.4 Å². The topological polar surface area (TPSA) is 47.2 Å². The zero-order valence-electron chi connectivity index (χ0n) is 17.9. The first-order valence-corrected chi connectivity index (χ1v) is 12.4. The molecule has 0 aliphatic carbocycles. The molecule has 0 saturated heterocycles. The third kappa shape index (κ3) is 3.43. The standard InChI is InChI=1S/C28H17N3OS2/c1-2-15-31-24-14-13-18-8-3-4-9-19(18)26(24)34-28(31)30-27(32)21-17-23(25-12-7-16-33-25)29-22-11-6-5-10-20(21)22/h1,3-14,16-17H,15H2. The molecule has 0 unspecified atom stereocenters. The number of thiazole rings is 1. The number of hydrogen-bond donors (Lipinski definition) is 0. The van der Waals surface area contributed by atoms with Crippen LogP contribution in [0.25, 0.3) is 42.5 Å². The van der Waals surface area contributed by atoms with E-state index in [4.69, 9.17) is 11.4 Å². The third-order valence-electron chi connectivity index (χ3n) is 5.74. The fourth-order valence-corrected chi connectivity index (χ4v) is 6.03. The molecule has 4 nitrogen and oxygen atoms in total. The Balaban J connectivity index is 1.59. The second-order valence-electron chi connectivity index (χ2n) is 7.78. The maximum Gasteiger partial charge on any atom is 0.280 e. The maximum absolute atomic E-state index is 13.6. The second-order valence-corrected chi connectivity index (χ2v) is 9.70. The summed E-state index contributed by atoms with van der Waals surface area (Å²) in [7, 11) is 0. The lowest BCUT2D eigenvalue weighted by atomic mass is 10.1. The van der Waals surface area contributed by atoms with Crippen molar-refractivity contribution in [1.82, 2.24) is 9.55 Å². The van der Waals surface area contributed by atoms with Gasteiger partial charge in [0, 0.05) is 10.8 Å². The van der Waals surface area contributed by atoms with Gasteiger partial charge in [-0.2, -0.15) is 4.99 Å². The minimum atomic E-state index is -0.307. The monoisotopic (exact) mass is 475 g/mol. The zero-order chi connectivity index (χ0) is 23.1. The average molecular weight is 476 g/mol. The summed E-state index contributed by atoms with van der Waals surface area (Å²) in [6.07, 6.45) is 5.68. The molecule has 0 aliphatic rings. The number of thiophene rings is 1. The van der Waals surface area contributed by atoms with Gasteiger partial charge in [-0.05, 0) is 35.0 Å². The minimum absolute atomic E-state index is 0.307. The Bertz CT molecular complexity index is 1820. The van der Waals surface area contributed by atoms with E-state index in [9.17, 15) is 4.79 Å². The highest BCUT2D eigenvalue weighted by molar-refractivity contribution is 7.17. The minimum Gasteiger partial charge on any atom is -0.305 e. The normalized spacial score (nSPS) is 11.9. The van der Waals surface area contributed by atoms with Crippen LogP contribution in [0.2, 0.25) is 0 Å². The molecule has 0 atom stereocenters. The fraction of sp³-hybridized carbons (Fsp3) is 0.0357. The molecule has 3 aromatic carbocycles. The number of para-hydroxylation sites is 1. The van der Waals surface area contributed by atoms with Gasteiger partial charge in [-0.15, -0.1) is 17.8 Å². The van der Waals surface area contributed by atoms with Crippen molar-refractivity contribution >= 4 is 60.5 Å². The molecule has 0 fully saturated rings. The average Bonchev–Trinajstić information content (AvgIpc) is 3.53. The molecular weight excluding hydrogens is 458 g/mol. The van der Waals surface area contributed by atoms with Gasteiger partial charge >= 0.3 is 0 Å². The Morgan fingerprint density at radius 2 is 1.82 bits per heavy atom. The summed E-state index contributed by atoms with van der Waals surface area (Å²) < 4.78 is 3.01. The maximum atomic E-state index is 13.6. The Kier molecular flexibility index (Phi) is 5.06. The van der Waals surface area contributed by atoms with Gasteiger partial charge in [-0.1, -0.05) is 71.9 Å². The molecule has 34 heavy (non-hydrogen) atoms. The van der Waals surface area contributed by atoms with E-state index in [0.717, 1.165) is 42.5 Å². The molecule has 1 amide bonds. The third-order valence-corrected chi connectivity index (χ3v) is 7.76. The first-order chi connectivity index (χ1) is 16.7. The van der Waals surface area contributed by atoms with Crippen LogP contribution >= 0.6 is 22.7 Å². The van der Waals surface area contributed by atoms with Gasteiger partial charge in [-0.3, -0.25) is 4.79 Å². The Hall–Kier alpha value is -4.05. The zero-order valence-corrected chi connectivity index (χ0v) is 19.6. The smallest absolute Gasteiger partial charge is 0.280 e. The van der Waals surface area contributed by atoms with Crippen LogP contribution in [-0.2, 0) is 6.54 Å². The predicted octanol–water partition coefficient (Wildman–Crippen LogP) is 6.51. The molecule has 0 N–H and O–H groups in total. The van der Waals surface area contributed by atoms with Crippen LogP contribution in [0.4, 0.5) is 0 Å². The highest BCUT2D eigenvalue weighted by Crippen LogP contribution is 2.29. The van der Waals surface area contributed by atoms with Crippen molar-refractivity contribution in [2.75, 3.05) is 0 Å². The van der Waals surface area contributed by atoms with Gasteiger partial charge in [0.15, 0.2) is 4.80 Å². The van der Waals surface area contributed by atoms with E-state index >= 15 is 0 Å². The van der Waals surface area contributed by atoms with Crippen molar-refractivity contribution in [2.24, 2.45) is 4.99 Å². The van der Waals surface area contributed by atoms with Crippen molar-refractivity contribution in [3.63, 3.8) is 0 Å². The Morgan fingerprint density at radius 1 is 1.00 bits per heavy atom. The van der Waals surface area contributed by atoms with E-state index in [-0.39, 0.29) is 5.91 Å². The molecule has 162 valence electrons. The van der Waals surface area contributed by atoms with Crippen molar-refractivity contribution in [3.05, 3.63) is 94.6 Å². The molecule has 3 heterocycles. The van der Waals surface area contributed by atoms with Gasteiger partial charge in [0.25, 0.3) is 5.91 Å². The number of terminal acetylenes is 1. The van der Waals surface area contributed by atoms with Crippen LogP contribution in [-0.4, -0.2) is 15.5 Å². The summed E-state index contributed by atoms with van der Waals surface area (Å²) in [5.41, 5.74) is 3.05. The summed E-state index contributed by atoms with van der Waals surface area (Å²) in [4.78, 5) is 24.6. The van der Waals surface area contributed by atoms with E-state index in [1.807, 2.05) is 70.6 Å². The number of carbonyl (C=O) groups is 1. The molecule has 3 aromatic heterocycles. The van der Waals surface area contributed by atoms with E-state index in [2.05, 4.69) is 29.1 Å². The molecule has 0 bridgehead atoms. The molecule has 0 saturated carbocycles. The van der Waals surface area contributed by atoms with Gasteiger partial charge in [-0.25, -0.2) is 4.98 Å². The van der Waals surface area contributed by atoms with E-state index in [1.165, 1.54) is 11.3 Å². The second kappa shape index (κ2) is 8.38. The number of pyridine rings is 1. The summed E-state index contributed by atoms with van der Waals surface area (Å²) >= 11 is 3.08. The first kappa shape index (κ1) is 20.5. The van der Waals surface area contributed by atoms with Crippen molar-refractivity contribution in [2.45, 2.75) is 6.54 Å². The van der Waals surface area contributed by atoms with Crippen LogP contribution in [0.5, 0.6) is 0 Å². The number of hydrogen-bond acceptors (Lipinski definition) is 4. The number of carbonyl (C=O) groups excluding carboxylic acids is 1. The highest BCUT2D eigenvalue weighted by atomic mass is 32.1. The Labute approximate surface area is 203 Å². The van der Waals surface area contributed by atoms with Crippen molar-refractivity contribution < 1.29 is 4.79 Å². The summed E-state index contributed by atoms with van der Waals surface area (Å²) in [5, 5.41) is 5.05. The van der Waals surface area contributed by atoms with Crippen LogP contribution in [0.3, 0.4) is 0 Å². The molecule has 0 spiro atoms. The Morgan fingerprint density at radius 3 is 2.65 bits per heavy atom.